The molecule has 1 fully saturated rings. The Bertz CT molecular complexity index is 510. The number of rotatable bonds is 9. The highest BCUT2D eigenvalue weighted by molar-refractivity contribution is 5.91. The molecule has 11 nitrogen and oxygen atoms in total. The molecule has 1 aliphatic rings. The van der Waals surface area contributed by atoms with E-state index in [-0.39, 0.29) is 18.9 Å². The van der Waals surface area contributed by atoms with E-state index in [0.29, 0.717) is 25.7 Å². The standard InChI is InChI=1S/C14H26N6O5/c15-10(7-22)13(25)20-5-9(23)4-11(20)12(24)19-8(6-21)2-1-3-18-14(16)17/h6,8-11,22-23H,1-5,7,15H2,(H,19,24)(H4,16,17,18)/t8-,9?,10?,11?/m1/s1. The molecule has 142 valence electrons. The van der Waals surface area contributed by atoms with Crippen molar-refractivity contribution >= 4 is 24.1 Å². The van der Waals surface area contributed by atoms with Crippen LogP contribution in [0.2, 0.25) is 0 Å². The van der Waals surface area contributed by atoms with E-state index < -0.39 is 42.7 Å². The fourth-order valence-electron chi connectivity index (χ4n) is 2.57. The molecule has 1 saturated heterocycles. The molecule has 0 aliphatic carbocycles. The topological polar surface area (TPSA) is 197 Å². The lowest BCUT2D eigenvalue weighted by molar-refractivity contribution is -0.140. The molecule has 9 N–H and O–H groups in total. The fraction of sp³-hybridized carbons (Fsp3) is 0.714. The zero-order valence-electron chi connectivity index (χ0n) is 13.9. The minimum absolute atomic E-state index is 0.0370. The maximum Gasteiger partial charge on any atom is 0.243 e. The summed E-state index contributed by atoms with van der Waals surface area (Å²) in [6.45, 7) is -0.303. The van der Waals surface area contributed by atoms with Crippen molar-refractivity contribution in [3.05, 3.63) is 0 Å². The van der Waals surface area contributed by atoms with Gasteiger partial charge in [0.05, 0.1) is 18.8 Å². The number of nitrogens with one attached hydrogen (secondary N) is 1. The molecule has 0 aromatic heterocycles. The lowest BCUT2D eigenvalue weighted by Crippen LogP contribution is -2.53. The quantitative estimate of drug-likeness (QED) is 0.104. The molecule has 1 rings (SSSR count). The van der Waals surface area contributed by atoms with Crippen molar-refractivity contribution in [3.63, 3.8) is 0 Å². The lowest BCUT2D eigenvalue weighted by atomic mass is 10.1. The number of hydrogen-bond donors (Lipinski definition) is 6. The lowest BCUT2D eigenvalue weighted by Gasteiger charge is -2.26. The summed E-state index contributed by atoms with van der Waals surface area (Å²) in [5, 5.41) is 21.3. The van der Waals surface area contributed by atoms with Crippen LogP contribution in [0.4, 0.5) is 0 Å². The average molecular weight is 358 g/mol. The molecule has 0 spiro atoms. The second kappa shape index (κ2) is 9.91. The zero-order valence-corrected chi connectivity index (χ0v) is 13.9. The molecule has 3 unspecified atom stereocenters. The van der Waals surface area contributed by atoms with E-state index in [0.717, 1.165) is 4.90 Å². The van der Waals surface area contributed by atoms with E-state index >= 15 is 0 Å². The van der Waals surface area contributed by atoms with Gasteiger partial charge in [0.2, 0.25) is 11.8 Å². The second-order valence-electron chi connectivity index (χ2n) is 5.88. The number of β-amino-alcohol motifs (C(OH)–C–C–N with tert-alkyl or cyclic N) is 1. The van der Waals surface area contributed by atoms with Gasteiger partial charge in [0.15, 0.2) is 5.96 Å². The highest BCUT2D eigenvalue weighted by atomic mass is 16.3. The van der Waals surface area contributed by atoms with Crippen LogP contribution in [-0.2, 0) is 14.4 Å². The average Bonchev–Trinajstić information content (AvgIpc) is 2.97. The van der Waals surface area contributed by atoms with Gasteiger partial charge in [0, 0.05) is 19.5 Å². The highest BCUT2D eigenvalue weighted by Gasteiger charge is 2.40. The van der Waals surface area contributed by atoms with Crippen molar-refractivity contribution in [2.45, 2.75) is 43.5 Å². The Hall–Kier alpha value is -2.24. The summed E-state index contributed by atoms with van der Waals surface area (Å²) < 4.78 is 0. The van der Waals surface area contributed by atoms with Gasteiger partial charge >= 0.3 is 0 Å². The van der Waals surface area contributed by atoms with Crippen molar-refractivity contribution in [2.75, 3.05) is 19.7 Å². The largest absolute Gasteiger partial charge is 0.394 e. The third-order valence-corrected chi connectivity index (χ3v) is 3.84. The van der Waals surface area contributed by atoms with Crippen molar-refractivity contribution < 1.29 is 24.6 Å². The van der Waals surface area contributed by atoms with Gasteiger partial charge in [-0.1, -0.05) is 0 Å². The number of carbonyl (C=O) groups excluding carboxylic acids is 3. The van der Waals surface area contributed by atoms with Crippen LogP contribution >= 0.6 is 0 Å². The van der Waals surface area contributed by atoms with E-state index in [1.807, 2.05) is 0 Å². The molecule has 1 aliphatic heterocycles. The van der Waals surface area contributed by atoms with Gasteiger partial charge in [0.1, 0.15) is 18.4 Å². The second-order valence-corrected chi connectivity index (χ2v) is 5.88. The molecule has 11 heteroatoms. The first-order valence-corrected chi connectivity index (χ1v) is 7.96. The number of aliphatic imine (C=N–C) groups is 1. The number of nitrogens with two attached hydrogens (primary N) is 3. The number of nitrogens with zero attached hydrogens (tertiary/aromatic N) is 2. The Labute approximate surface area is 145 Å². The number of likely N-dealkylation sites (tertiary alicyclic amines) is 1. The summed E-state index contributed by atoms with van der Waals surface area (Å²) >= 11 is 0. The first-order chi connectivity index (χ1) is 11.8. The maximum absolute atomic E-state index is 12.4. The molecule has 0 aromatic carbocycles. The number of guanidine groups is 1. The fourth-order valence-corrected chi connectivity index (χ4v) is 2.57. The Morgan fingerprint density at radius 2 is 2.08 bits per heavy atom. The van der Waals surface area contributed by atoms with Crippen LogP contribution in [-0.4, -0.2) is 83.1 Å². The molecule has 0 saturated carbocycles. The molecule has 4 atom stereocenters. The van der Waals surface area contributed by atoms with Gasteiger partial charge in [-0.15, -0.1) is 0 Å². The highest BCUT2D eigenvalue weighted by Crippen LogP contribution is 2.19. The normalized spacial score (nSPS) is 22.1. The number of aldehydes is 1. The minimum atomic E-state index is -1.16. The predicted molar refractivity (Wildman–Crippen MR) is 89.1 cm³/mol. The van der Waals surface area contributed by atoms with Crippen LogP contribution in [0.3, 0.4) is 0 Å². The Balaban J connectivity index is 2.64. The number of hydrogen-bond acceptors (Lipinski definition) is 7. The predicted octanol–water partition coefficient (Wildman–Crippen LogP) is -3.99. The molecular weight excluding hydrogens is 332 g/mol. The summed E-state index contributed by atoms with van der Waals surface area (Å²) in [4.78, 5) is 40.5. The van der Waals surface area contributed by atoms with Gasteiger partial charge in [-0.05, 0) is 12.8 Å². The van der Waals surface area contributed by atoms with Crippen molar-refractivity contribution in [1.29, 1.82) is 0 Å². The third-order valence-electron chi connectivity index (χ3n) is 3.84. The van der Waals surface area contributed by atoms with Crippen molar-refractivity contribution in [2.24, 2.45) is 22.2 Å². The van der Waals surface area contributed by atoms with Crippen LogP contribution in [0.25, 0.3) is 0 Å². The van der Waals surface area contributed by atoms with E-state index in [1.165, 1.54) is 0 Å². The monoisotopic (exact) mass is 358 g/mol. The van der Waals surface area contributed by atoms with E-state index in [4.69, 9.17) is 22.3 Å². The summed E-state index contributed by atoms with van der Waals surface area (Å²) in [6.07, 6.45) is 0.556. The SMILES string of the molecule is NC(N)=NCCC[C@H](C=O)NC(=O)C1CC(O)CN1C(=O)C(N)CO. The number of amides is 2. The maximum atomic E-state index is 12.4. The summed E-state index contributed by atoms with van der Waals surface area (Å²) in [7, 11) is 0. The van der Waals surface area contributed by atoms with Gasteiger partial charge in [-0.3, -0.25) is 14.6 Å². The Morgan fingerprint density at radius 3 is 2.64 bits per heavy atom. The molecule has 0 bridgehead atoms. The first-order valence-electron chi connectivity index (χ1n) is 7.96. The summed E-state index contributed by atoms with van der Waals surface area (Å²) in [5.41, 5.74) is 15.9. The molecule has 2 amide bonds. The van der Waals surface area contributed by atoms with Gasteiger partial charge in [0.25, 0.3) is 0 Å². The van der Waals surface area contributed by atoms with Gasteiger partial charge < -0.3 is 42.4 Å². The smallest absolute Gasteiger partial charge is 0.243 e. The molecule has 1 heterocycles. The van der Waals surface area contributed by atoms with E-state index in [2.05, 4.69) is 10.3 Å². The number of aliphatic hydroxyl groups is 2. The first kappa shape index (κ1) is 20.8. The van der Waals surface area contributed by atoms with E-state index in [9.17, 15) is 19.5 Å². The van der Waals surface area contributed by atoms with Gasteiger partial charge in [-0.25, -0.2) is 0 Å². The van der Waals surface area contributed by atoms with Gasteiger partial charge in [-0.2, -0.15) is 0 Å². The Kier molecular flexibility index (Phi) is 8.25. The van der Waals surface area contributed by atoms with Crippen molar-refractivity contribution in [3.8, 4) is 0 Å². The van der Waals surface area contributed by atoms with Crippen molar-refractivity contribution in [1.82, 2.24) is 10.2 Å². The van der Waals surface area contributed by atoms with E-state index in [1.54, 1.807) is 0 Å². The molecule has 25 heavy (non-hydrogen) atoms. The van der Waals surface area contributed by atoms with Crippen LogP contribution in [0.1, 0.15) is 19.3 Å². The molecule has 0 aromatic rings. The van der Waals surface area contributed by atoms with Crippen LogP contribution in [0.5, 0.6) is 0 Å². The zero-order chi connectivity index (χ0) is 19.0. The van der Waals surface area contributed by atoms with Crippen LogP contribution in [0.15, 0.2) is 4.99 Å². The summed E-state index contributed by atoms with van der Waals surface area (Å²) in [5.74, 6) is -1.25. The minimum Gasteiger partial charge on any atom is -0.394 e. The molecule has 0 radical (unpaired) electrons. The Morgan fingerprint density at radius 1 is 1.40 bits per heavy atom. The number of carbonyl (C=O) groups is 3. The summed E-state index contributed by atoms with van der Waals surface area (Å²) in [6, 6.07) is -2.87. The van der Waals surface area contributed by atoms with Crippen LogP contribution < -0.4 is 22.5 Å². The molecular formula is C14H26N6O5. The number of aliphatic hydroxyl groups excluding tert-OH is 2. The third kappa shape index (κ3) is 6.29. The van der Waals surface area contributed by atoms with Crippen LogP contribution in [0, 0.1) is 0 Å².